The van der Waals surface area contributed by atoms with Gasteiger partial charge in [-0.25, -0.2) is 13.9 Å². The molecule has 0 fully saturated rings. The first kappa shape index (κ1) is 18.5. The Bertz CT molecular complexity index is 1040. The summed E-state index contributed by atoms with van der Waals surface area (Å²) in [5.41, 5.74) is 1.78. The van der Waals surface area contributed by atoms with Crippen molar-refractivity contribution in [3.63, 3.8) is 0 Å². The molecule has 3 aromatic heterocycles. The Morgan fingerprint density at radius 2 is 1.96 bits per heavy atom. The average molecular weight is 400 g/mol. The maximum Gasteiger partial charge on any atom is 0.227 e. The van der Waals surface area contributed by atoms with Crippen LogP contribution in [-0.2, 0) is 11.8 Å². The first-order valence-corrected chi connectivity index (χ1v) is 9.89. The normalized spacial score (nSPS) is 12.0. The van der Waals surface area contributed by atoms with E-state index >= 15 is 0 Å². The van der Waals surface area contributed by atoms with Crippen molar-refractivity contribution < 1.29 is 8.91 Å². The van der Waals surface area contributed by atoms with Gasteiger partial charge in [-0.05, 0) is 30.7 Å². The van der Waals surface area contributed by atoms with Gasteiger partial charge in [-0.2, -0.15) is 4.98 Å². The number of aryl methyl sites for hydroxylation is 1. The van der Waals surface area contributed by atoms with Crippen molar-refractivity contribution in [3.8, 4) is 11.4 Å². The van der Waals surface area contributed by atoms with Crippen molar-refractivity contribution in [1.82, 2.24) is 24.7 Å². The van der Waals surface area contributed by atoms with E-state index in [4.69, 9.17) is 4.52 Å². The maximum atomic E-state index is 13.0. The van der Waals surface area contributed by atoms with E-state index in [1.165, 1.54) is 23.5 Å². The quantitative estimate of drug-likeness (QED) is 0.486. The van der Waals surface area contributed by atoms with E-state index in [-0.39, 0.29) is 11.2 Å². The molecule has 1 N–H and O–H groups in total. The van der Waals surface area contributed by atoms with Gasteiger partial charge in [0.15, 0.2) is 0 Å². The summed E-state index contributed by atoms with van der Waals surface area (Å²) in [6.07, 6.45) is 3.45. The van der Waals surface area contributed by atoms with Crippen LogP contribution in [0.5, 0.6) is 0 Å². The number of imidazole rings is 1. The van der Waals surface area contributed by atoms with Crippen molar-refractivity contribution in [3.05, 3.63) is 47.9 Å². The monoisotopic (exact) mass is 400 g/mol. The second-order valence-corrected chi connectivity index (χ2v) is 8.52. The highest BCUT2D eigenvalue weighted by molar-refractivity contribution is 7.20. The number of nitrogens with one attached hydrogen (secondary N) is 1. The van der Waals surface area contributed by atoms with Crippen LogP contribution in [0.2, 0.25) is 0 Å². The molecule has 0 amide bonds. The first-order valence-electron chi connectivity index (χ1n) is 9.07. The highest BCUT2D eigenvalue weighted by Gasteiger charge is 2.19. The van der Waals surface area contributed by atoms with E-state index in [9.17, 15) is 4.39 Å². The SMILES string of the molecule is CC(C)(C)c1cn2nc(NCCCc3nc(-c4ccc(F)cc4)no3)sc2n1. The van der Waals surface area contributed by atoms with Crippen LogP contribution in [0.15, 0.2) is 35.0 Å². The molecule has 9 heteroatoms. The van der Waals surface area contributed by atoms with Crippen LogP contribution in [0, 0.1) is 5.82 Å². The standard InChI is InChI=1S/C19H21FN6OS/c1-19(2,3)14-11-26-18(22-14)28-17(24-26)21-10-4-5-15-23-16(25-27-15)12-6-8-13(20)9-7-12/h6-9,11H,4-5,10H2,1-3H3,(H,21,24). The predicted octanol–water partition coefficient (Wildman–Crippen LogP) is 4.32. The summed E-state index contributed by atoms with van der Waals surface area (Å²) in [7, 11) is 0. The molecule has 0 aliphatic heterocycles. The van der Waals surface area contributed by atoms with Gasteiger partial charge in [0.05, 0.1) is 11.9 Å². The Hall–Kier alpha value is -2.81. The van der Waals surface area contributed by atoms with Crippen LogP contribution in [0.1, 0.15) is 38.8 Å². The van der Waals surface area contributed by atoms with Gasteiger partial charge >= 0.3 is 0 Å². The zero-order chi connectivity index (χ0) is 19.7. The van der Waals surface area contributed by atoms with Crippen LogP contribution in [0.25, 0.3) is 16.3 Å². The summed E-state index contributed by atoms with van der Waals surface area (Å²) >= 11 is 1.53. The Kier molecular flexibility index (Phi) is 4.84. The fourth-order valence-corrected chi connectivity index (χ4v) is 3.45. The summed E-state index contributed by atoms with van der Waals surface area (Å²) < 4.78 is 20.1. The number of anilines is 1. The van der Waals surface area contributed by atoms with Crippen molar-refractivity contribution in [2.75, 3.05) is 11.9 Å². The lowest BCUT2D eigenvalue weighted by Crippen LogP contribution is -2.11. The predicted molar refractivity (Wildman–Crippen MR) is 106 cm³/mol. The number of hydrogen-bond donors (Lipinski definition) is 1. The molecule has 0 saturated carbocycles. The van der Waals surface area contributed by atoms with E-state index < -0.39 is 0 Å². The number of fused-ring (bicyclic) bond motifs is 1. The lowest BCUT2D eigenvalue weighted by atomic mass is 9.93. The highest BCUT2D eigenvalue weighted by atomic mass is 32.1. The van der Waals surface area contributed by atoms with Crippen molar-refractivity contribution in [1.29, 1.82) is 0 Å². The molecule has 0 spiro atoms. The Balaban J connectivity index is 1.29. The van der Waals surface area contributed by atoms with Gasteiger partial charge in [0.1, 0.15) is 5.82 Å². The van der Waals surface area contributed by atoms with Gasteiger partial charge in [-0.3, -0.25) is 0 Å². The molecular weight excluding hydrogens is 379 g/mol. The van der Waals surface area contributed by atoms with E-state index in [0.717, 1.165) is 34.3 Å². The van der Waals surface area contributed by atoms with Crippen molar-refractivity contribution in [2.45, 2.75) is 39.0 Å². The number of aromatic nitrogens is 5. The van der Waals surface area contributed by atoms with Crippen LogP contribution < -0.4 is 5.32 Å². The van der Waals surface area contributed by atoms with Crippen LogP contribution in [-0.4, -0.2) is 31.3 Å². The molecule has 1 aromatic carbocycles. The van der Waals surface area contributed by atoms with Gasteiger partial charge in [0.25, 0.3) is 0 Å². The average Bonchev–Trinajstić information content (AvgIpc) is 3.33. The molecule has 28 heavy (non-hydrogen) atoms. The van der Waals surface area contributed by atoms with E-state index in [1.807, 2.05) is 10.7 Å². The lowest BCUT2D eigenvalue weighted by Gasteiger charge is -2.13. The number of halogens is 1. The molecule has 0 aliphatic rings. The van der Waals surface area contributed by atoms with Crippen molar-refractivity contribution >= 4 is 21.4 Å². The van der Waals surface area contributed by atoms with Gasteiger partial charge < -0.3 is 9.84 Å². The molecule has 0 radical (unpaired) electrons. The van der Waals surface area contributed by atoms with E-state index in [1.54, 1.807) is 12.1 Å². The molecule has 0 unspecified atom stereocenters. The van der Waals surface area contributed by atoms with Crippen LogP contribution >= 0.6 is 11.3 Å². The smallest absolute Gasteiger partial charge is 0.227 e. The molecule has 7 nitrogen and oxygen atoms in total. The number of rotatable bonds is 6. The van der Waals surface area contributed by atoms with Gasteiger partial charge in [0, 0.05) is 23.9 Å². The minimum atomic E-state index is -0.289. The number of nitrogens with zero attached hydrogens (tertiary/aromatic N) is 5. The van der Waals surface area contributed by atoms with E-state index in [0.29, 0.717) is 18.1 Å². The zero-order valence-corrected chi connectivity index (χ0v) is 16.8. The second-order valence-electron chi connectivity index (χ2n) is 7.56. The highest BCUT2D eigenvalue weighted by Crippen LogP contribution is 2.25. The topological polar surface area (TPSA) is 81.1 Å². The summed E-state index contributed by atoms with van der Waals surface area (Å²) in [5.74, 6) is 0.742. The third-order valence-electron chi connectivity index (χ3n) is 4.23. The first-order chi connectivity index (χ1) is 13.4. The number of benzene rings is 1. The van der Waals surface area contributed by atoms with Crippen LogP contribution in [0.4, 0.5) is 9.52 Å². The minimum Gasteiger partial charge on any atom is -0.360 e. The molecule has 0 bridgehead atoms. The summed E-state index contributed by atoms with van der Waals surface area (Å²) in [6.45, 7) is 7.14. The Labute approximate surface area is 165 Å². The van der Waals surface area contributed by atoms with Gasteiger partial charge in [-0.1, -0.05) is 37.3 Å². The van der Waals surface area contributed by atoms with Gasteiger partial charge in [0.2, 0.25) is 21.8 Å². The zero-order valence-electron chi connectivity index (χ0n) is 15.9. The third kappa shape index (κ3) is 4.04. The fraction of sp³-hybridized carbons (Fsp3) is 0.368. The van der Waals surface area contributed by atoms with Crippen molar-refractivity contribution in [2.24, 2.45) is 0 Å². The third-order valence-corrected chi connectivity index (χ3v) is 5.11. The molecule has 4 aromatic rings. The summed E-state index contributed by atoms with van der Waals surface area (Å²) in [5, 5.41) is 12.6. The molecule has 0 atom stereocenters. The molecule has 0 saturated heterocycles. The molecule has 0 aliphatic carbocycles. The maximum absolute atomic E-state index is 13.0. The molecule has 3 heterocycles. The Morgan fingerprint density at radius 1 is 1.18 bits per heavy atom. The fourth-order valence-electron chi connectivity index (χ4n) is 2.64. The van der Waals surface area contributed by atoms with Gasteiger partial charge in [-0.15, -0.1) is 5.10 Å². The minimum absolute atomic E-state index is 0.0118. The Morgan fingerprint density at radius 3 is 2.68 bits per heavy atom. The molecular formula is C19H21FN6OS. The largest absolute Gasteiger partial charge is 0.360 e. The molecule has 4 rings (SSSR count). The lowest BCUT2D eigenvalue weighted by molar-refractivity contribution is 0.377. The molecule has 146 valence electrons. The summed E-state index contributed by atoms with van der Waals surface area (Å²) in [4.78, 5) is 9.88. The summed E-state index contributed by atoms with van der Waals surface area (Å²) in [6, 6.07) is 6.03. The van der Waals surface area contributed by atoms with E-state index in [2.05, 4.69) is 46.3 Å². The number of hydrogen-bond acceptors (Lipinski definition) is 7. The second kappa shape index (κ2) is 7.31. The van der Waals surface area contributed by atoms with Crippen LogP contribution in [0.3, 0.4) is 0 Å².